The molecule has 0 radical (unpaired) electrons. The molecule has 0 unspecified atom stereocenters. The molecule has 2 nitrogen and oxygen atoms in total. The van der Waals surface area contributed by atoms with Crippen LogP contribution in [0.2, 0.25) is 0 Å². The van der Waals surface area contributed by atoms with Crippen molar-refractivity contribution in [3.8, 4) is 5.75 Å². The maximum absolute atomic E-state index is 13.3. The summed E-state index contributed by atoms with van der Waals surface area (Å²) in [6.07, 6.45) is 3.84. The molecule has 108 valence electrons. The molecule has 0 aliphatic heterocycles. The predicted octanol–water partition coefficient (Wildman–Crippen LogP) is 3.89. The summed E-state index contributed by atoms with van der Waals surface area (Å²) in [5, 5.41) is 0. The van der Waals surface area contributed by atoms with Crippen molar-refractivity contribution >= 4 is 0 Å². The van der Waals surface area contributed by atoms with E-state index in [1.807, 2.05) is 0 Å². The summed E-state index contributed by atoms with van der Waals surface area (Å²) in [5.74, 6) is -1.15. The second kappa shape index (κ2) is 7.43. The first-order chi connectivity index (χ1) is 9.06. The van der Waals surface area contributed by atoms with Gasteiger partial charge in [-0.15, -0.1) is 0 Å². The molecule has 0 aromatic heterocycles. The lowest BCUT2D eigenvalue weighted by Gasteiger charge is -2.30. The summed E-state index contributed by atoms with van der Waals surface area (Å²) in [5.41, 5.74) is 5.98. The highest BCUT2D eigenvalue weighted by Gasteiger charge is 2.23. The monoisotopic (exact) mass is 271 g/mol. The van der Waals surface area contributed by atoms with Gasteiger partial charge in [-0.25, -0.2) is 8.78 Å². The van der Waals surface area contributed by atoms with Gasteiger partial charge in [-0.1, -0.05) is 13.8 Å². The molecule has 0 bridgehead atoms. The number of hydrogen-bond donors (Lipinski definition) is 1. The first-order valence-corrected chi connectivity index (χ1v) is 6.85. The minimum atomic E-state index is -0.656. The van der Waals surface area contributed by atoms with E-state index in [2.05, 4.69) is 13.8 Å². The standard InChI is InChI=1S/C15H23F2NO/c1-3-15(4-2,11-18)8-5-9-19-14-7-6-12(16)10-13(14)17/h6-7,10H,3-5,8-9,11,18H2,1-2H3. The molecule has 0 amide bonds. The molecule has 0 atom stereocenters. The van der Waals surface area contributed by atoms with Gasteiger partial charge in [-0.3, -0.25) is 0 Å². The van der Waals surface area contributed by atoms with E-state index in [1.54, 1.807) is 0 Å². The summed E-state index contributed by atoms with van der Waals surface area (Å²) in [7, 11) is 0. The van der Waals surface area contributed by atoms with Gasteiger partial charge >= 0.3 is 0 Å². The number of hydrogen-bond acceptors (Lipinski definition) is 2. The molecule has 0 saturated carbocycles. The van der Waals surface area contributed by atoms with Crippen molar-refractivity contribution in [3.63, 3.8) is 0 Å². The largest absolute Gasteiger partial charge is 0.491 e. The average Bonchev–Trinajstić information content (AvgIpc) is 2.42. The van der Waals surface area contributed by atoms with Gasteiger partial charge in [0.05, 0.1) is 6.61 Å². The molecule has 0 fully saturated rings. The van der Waals surface area contributed by atoms with Crippen molar-refractivity contribution < 1.29 is 13.5 Å². The highest BCUT2D eigenvalue weighted by Crippen LogP contribution is 2.30. The van der Waals surface area contributed by atoms with Crippen LogP contribution in [0.15, 0.2) is 18.2 Å². The Morgan fingerprint density at radius 2 is 1.89 bits per heavy atom. The van der Waals surface area contributed by atoms with Gasteiger partial charge in [0.2, 0.25) is 0 Å². The Balaban J connectivity index is 2.42. The quantitative estimate of drug-likeness (QED) is 0.728. The zero-order valence-electron chi connectivity index (χ0n) is 11.7. The SMILES string of the molecule is CCC(CC)(CN)CCCOc1ccc(F)cc1F. The number of ether oxygens (including phenoxy) is 1. The van der Waals surface area contributed by atoms with E-state index in [1.165, 1.54) is 12.1 Å². The van der Waals surface area contributed by atoms with Crippen LogP contribution in [0.3, 0.4) is 0 Å². The number of halogens is 2. The van der Waals surface area contributed by atoms with Crippen LogP contribution in [0, 0.1) is 17.0 Å². The molecule has 0 saturated heterocycles. The molecule has 0 heterocycles. The highest BCUT2D eigenvalue weighted by atomic mass is 19.1. The molecule has 4 heteroatoms. The van der Waals surface area contributed by atoms with Crippen molar-refractivity contribution in [2.45, 2.75) is 39.5 Å². The van der Waals surface area contributed by atoms with Crippen LogP contribution in [-0.4, -0.2) is 13.2 Å². The normalized spacial score (nSPS) is 11.6. The third-order valence-electron chi connectivity index (χ3n) is 3.94. The van der Waals surface area contributed by atoms with Gasteiger partial charge in [-0.2, -0.15) is 0 Å². The van der Waals surface area contributed by atoms with Crippen molar-refractivity contribution in [2.75, 3.05) is 13.2 Å². The number of benzene rings is 1. The van der Waals surface area contributed by atoms with E-state index in [9.17, 15) is 8.78 Å². The maximum atomic E-state index is 13.3. The first-order valence-electron chi connectivity index (χ1n) is 6.85. The Hall–Kier alpha value is -1.16. The lowest BCUT2D eigenvalue weighted by atomic mass is 9.78. The minimum absolute atomic E-state index is 0.104. The molecule has 0 spiro atoms. The van der Waals surface area contributed by atoms with Gasteiger partial charge < -0.3 is 10.5 Å². The zero-order valence-corrected chi connectivity index (χ0v) is 11.7. The van der Waals surface area contributed by atoms with Gasteiger partial charge in [0.15, 0.2) is 11.6 Å². The second-order valence-corrected chi connectivity index (χ2v) is 4.94. The van der Waals surface area contributed by atoms with Crippen LogP contribution in [0.4, 0.5) is 8.78 Å². The molecule has 1 rings (SSSR count). The molecule has 0 aliphatic carbocycles. The molecule has 1 aromatic carbocycles. The lowest BCUT2D eigenvalue weighted by Crippen LogP contribution is -2.29. The Kier molecular flexibility index (Phi) is 6.22. The van der Waals surface area contributed by atoms with E-state index in [-0.39, 0.29) is 11.2 Å². The van der Waals surface area contributed by atoms with E-state index in [4.69, 9.17) is 10.5 Å². The molecule has 2 N–H and O–H groups in total. The van der Waals surface area contributed by atoms with Gasteiger partial charge in [0.1, 0.15) is 5.82 Å². The second-order valence-electron chi connectivity index (χ2n) is 4.94. The van der Waals surface area contributed by atoms with E-state index < -0.39 is 11.6 Å². The summed E-state index contributed by atoms with van der Waals surface area (Å²) in [4.78, 5) is 0. The summed E-state index contributed by atoms with van der Waals surface area (Å²) in [6.45, 7) is 5.35. The molecular formula is C15H23F2NO. The topological polar surface area (TPSA) is 35.2 Å². The van der Waals surface area contributed by atoms with Crippen molar-refractivity contribution in [3.05, 3.63) is 29.8 Å². The van der Waals surface area contributed by atoms with E-state index in [0.717, 1.165) is 31.7 Å². The molecule has 19 heavy (non-hydrogen) atoms. The first kappa shape index (κ1) is 15.9. The third-order valence-corrected chi connectivity index (χ3v) is 3.94. The lowest BCUT2D eigenvalue weighted by molar-refractivity contribution is 0.210. The Morgan fingerprint density at radius 1 is 1.21 bits per heavy atom. The highest BCUT2D eigenvalue weighted by molar-refractivity contribution is 5.24. The molecular weight excluding hydrogens is 248 g/mol. The average molecular weight is 271 g/mol. The zero-order chi connectivity index (χ0) is 14.3. The third kappa shape index (κ3) is 4.46. The van der Waals surface area contributed by atoms with Crippen molar-refractivity contribution in [2.24, 2.45) is 11.1 Å². The van der Waals surface area contributed by atoms with Crippen LogP contribution in [-0.2, 0) is 0 Å². The number of nitrogens with two attached hydrogens (primary N) is 1. The molecule has 0 aliphatic rings. The fourth-order valence-corrected chi connectivity index (χ4v) is 2.22. The minimum Gasteiger partial charge on any atom is -0.491 e. The van der Waals surface area contributed by atoms with Crippen LogP contribution >= 0.6 is 0 Å². The van der Waals surface area contributed by atoms with Crippen LogP contribution in [0.5, 0.6) is 5.75 Å². The van der Waals surface area contributed by atoms with Crippen LogP contribution in [0.25, 0.3) is 0 Å². The summed E-state index contributed by atoms with van der Waals surface area (Å²) in [6, 6.07) is 3.35. The predicted molar refractivity (Wildman–Crippen MR) is 73.2 cm³/mol. The van der Waals surface area contributed by atoms with Gasteiger partial charge in [-0.05, 0) is 49.8 Å². The van der Waals surface area contributed by atoms with Gasteiger partial charge in [0.25, 0.3) is 0 Å². The number of rotatable bonds is 8. The van der Waals surface area contributed by atoms with Crippen molar-refractivity contribution in [1.82, 2.24) is 0 Å². The van der Waals surface area contributed by atoms with Crippen molar-refractivity contribution in [1.29, 1.82) is 0 Å². The van der Waals surface area contributed by atoms with Gasteiger partial charge in [0, 0.05) is 6.07 Å². The Bertz CT molecular complexity index is 383. The fourth-order valence-electron chi connectivity index (χ4n) is 2.22. The Labute approximate surface area is 114 Å². The maximum Gasteiger partial charge on any atom is 0.167 e. The van der Waals surface area contributed by atoms with Crippen LogP contribution in [0.1, 0.15) is 39.5 Å². The molecule has 1 aromatic rings. The summed E-state index contributed by atoms with van der Waals surface area (Å²) >= 11 is 0. The van der Waals surface area contributed by atoms with E-state index >= 15 is 0 Å². The summed E-state index contributed by atoms with van der Waals surface area (Å²) < 4.78 is 31.4. The fraction of sp³-hybridized carbons (Fsp3) is 0.600. The smallest absolute Gasteiger partial charge is 0.167 e. The van der Waals surface area contributed by atoms with E-state index in [0.29, 0.717) is 13.2 Å². The Morgan fingerprint density at radius 3 is 2.42 bits per heavy atom. The van der Waals surface area contributed by atoms with Crippen LogP contribution < -0.4 is 10.5 Å².